The minimum absolute atomic E-state index is 0.0814. The van der Waals surface area contributed by atoms with Crippen LogP contribution in [0.3, 0.4) is 0 Å². The maximum atomic E-state index is 13.4. The molecule has 0 unspecified atom stereocenters. The van der Waals surface area contributed by atoms with Crippen LogP contribution in [0, 0.1) is 12.7 Å². The first-order valence-corrected chi connectivity index (χ1v) is 7.87. The van der Waals surface area contributed by atoms with Crippen molar-refractivity contribution in [2.24, 2.45) is 0 Å². The Balaban J connectivity index is 1.68. The number of nitrogens with one attached hydrogen (secondary N) is 2. The maximum Gasteiger partial charge on any atom is 0.239 e. The third-order valence-electron chi connectivity index (χ3n) is 3.73. The molecule has 0 saturated heterocycles. The van der Waals surface area contributed by atoms with Gasteiger partial charge >= 0.3 is 0 Å². The highest BCUT2D eigenvalue weighted by Gasteiger charge is 2.08. The molecule has 0 aliphatic rings. The molecule has 0 aliphatic heterocycles. The average Bonchev–Trinajstić information content (AvgIpc) is 2.57. The lowest BCUT2D eigenvalue weighted by Crippen LogP contribution is -2.38. The van der Waals surface area contributed by atoms with Gasteiger partial charge in [-0.05, 0) is 36.1 Å². The maximum absolute atomic E-state index is 13.4. The highest BCUT2D eigenvalue weighted by atomic mass is 19.1. The molecule has 0 aliphatic carbocycles. The highest BCUT2D eigenvalue weighted by molar-refractivity contribution is 5.85. The standard InChI is InChI=1S/C19H21FN2O2/c1-14-6-2-3-8-16(14)12-18(23)22-13-19(24)21-11-10-15-7-4-5-9-17(15)20/h2-9H,10-13H2,1H3,(H,21,24)(H,22,23). The summed E-state index contributed by atoms with van der Waals surface area (Å²) >= 11 is 0. The van der Waals surface area contributed by atoms with Gasteiger partial charge < -0.3 is 10.6 Å². The number of carbonyl (C=O) groups excluding carboxylic acids is 2. The zero-order valence-corrected chi connectivity index (χ0v) is 13.6. The van der Waals surface area contributed by atoms with E-state index in [1.807, 2.05) is 31.2 Å². The van der Waals surface area contributed by atoms with E-state index in [4.69, 9.17) is 0 Å². The van der Waals surface area contributed by atoms with Crippen molar-refractivity contribution in [1.29, 1.82) is 0 Å². The predicted octanol–water partition coefficient (Wildman–Crippen LogP) is 2.15. The number of rotatable bonds is 7. The zero-order chi connectivity index (χ0) is 17.4. The topological polar surface area (TPSA) is 58.2 Å². The van der Waals surface area contributed by atoms with Crippen LogP contribution in [0.1, 0.15) is 16.7 Å². The first-order valence-electron chi connectivity index (χ1n) is 7.87. The van der Waals surface area contributed by atoms with E-state index in [1.165, 1.54) is 6.07 Å². The second kappa shape index (κ2) is 8.82. The number of hydrogen-bond donors (Lipinski definition) is 2. The van der Waals surface area contributed by atoms with Gasteiger partial charge in [-0.3, -0.25) is 9.59 Å². The largest absolute Gasteiger partial charge is 0.354 e. The fourth-order valence-electron chi connectivity index (χ4n) is 2.32. The Kier molecular flexibility index (Phi) is 6.49. The minimum atomic E-state index is -0.288. The van der Waals surface area contributed by atoms with Gasteiger partial charge in [-0.25, -0.2) is 4.39 Å². The molecule has 0 saturated carbocycles. The number of benzene rings is 2. The summed E-state index contributed by atoms with van der Waals surface area (Å²) in [7, 11) is 0. The fourth-order valence-corrected chi connectivity index (χ4v) is 2.32. The lowest BCUT2D eigenvalue weighted by Gasteiger charge is -2.08. The number of carbonyl (C=O) groups is 2. The van der Waals surface area contributed by atoms with E-state index in [9.17, 15) is 14.0 Å². The van der Waals surface area contributed by atoms with Crippen molar-refractivity contribution in [2.45, 2.75) is 19.8 Å². The highest BCUT2D eigenvalue weighted by Crippen LogP contribution is 2.07. The molecule has 0 atom stereocenters. The Morgan fingerprint density at radius 1 is 0.917 bits per heavy atom. The summed E-state index contributed by atoms with van der Waals surface area (Å²) in [6.07, 6.45) is 0.657. The lowest BCUT2D eigenvalue weighted by molar-refractivity contribution is -0.125. The van der Waals surface area contributed by atoms with Crippen molar-refractivity contribution in [3.05, 3.63) is 71.0 Å². The molecule has 0 heterocycles. The van der Waals surface area contributed by atoms with E-state index in [1.54, 1.807) is 18.2 Å². The second-order valence-electron chi connectivity index (χ2n) is 5.57. The van der Waals surface area contributed by atoms with E-state index in [0.29, 0.717) is 18.5 Å². The van der Waals surface area contributed by atoms with Crippen LogP contribution in [0.2, 0.25) is 0 Å². The summed E-state index contributed by atoms with van der Waals surface area (Å²) in [5.41, 5.74) is 2.54. The van der Waals surface area contributed by atoms with E-state index in [0.717, 1.165) is 11.1 Å². The molecule has 0 radical (unpaired) electrons. The van der Waals surface area contributed by atoms with Crippen molar-refractivity contribution in [3.63, 3.8) is 0 Å². The van der Waals surface area contributed by atoms with Crippen LogP contribution >= 0.6 is 0 Å². The number of aryl methyl sites for hydroxylation is 1. The molecule has 2 N–H and O–H groups in total. The third kappa shape index (κ3) is 5.50. The first kappa shape index (κ1) is 17.7. The minimum Gasteiger partial charge on any atom is -0.354 e. The molecular weight excluding hydrogens is 307 g/mol. The van der Waals surface area contributed by atoms with Crippen LogP contribution in [0.15, 0.2) is 48.5 Å². The van der Waals surface area contributed by atoms with Crippen molar-refractivity contribution in [2.75, 3.05) is 13.1 Å². The molecule has 2 aromatic rings. The Bertz CT molecular complexity index is 716. The zero-order valence-electron chi connectivity index (χ0n) is 13.6. The van der Waals surface area contributed by atoms with Gasteiger partial charge in [-0.15, -0.1) is 0 Å². The van der Waals surface area contributed by atoms with Gasteiger partial charge in [0.15, 0.2) is 0 Å². The van der Waals surface area contributed by atoms with E-state index in [-0.39, 0.29) is 30.6 Å². The van der Waals surface area contributed by atoms with Crippen LogP contribution in [0.25, 0.3) is 0 Å². The number of hydrogen-bond acceptors (Lipinski definition) is 2. The SMILES string of the molecule is Cc1ccccc1CC(=O)NCC(=O)NCCc1ccccc1F. The molecule has 2 amide bonds. The van der Waals surface area contributed by atoms with Gasteiger partial charge in [0.1, 0.15) is 5.82 Å². The predicted molar refractivity (Wildman–Crippen MR) is 91.0 cm³/mol. The van der Waals surface area contributed by atoms with Crippen LogP contribution in [-0.4, -0.2) is 24.9 Å². The van der Waals surface area contributed by atoms with Gasteiger partial charge in [0.2, 0.25) is 11.8 Å². The Hall–Kier alpha value is -2.69. The van der Waals surface area contributed by atoms with Gasteiger partial charge in [-0.1, -0.05) is 42.5 Å². The smallest absolute Gasteiger partial charge is 0.239 e. The van der Waals surface area contributed by atoms with Crippen LogP contribution in [-0.2, 0) is 22.4 Å². The second-order valence-corrected chi connectivity index (χ2v) is 5.57. The molecule has 0 spiro atoms. The summed E-state index contributed by atoms with van der Waals surface area (Å²) in [6, 6.07) is 14.1. The number of amides is 2. The fraction of sp³-hybridized carbons (Fsp3) is 0.263. The summed E-state index contributed by atoms with van der Waals surface area (Å²) in [4.78, 5) is 23.6. The van der Waals surface area contributed by atoms with Gasteiger partial charge in [0.05, 0.1) is 13.0 Å². The molecule has 0 aromatic heterocycles. The summed E-state index contributed by atoms with van der Waals surface area (Å²) in [5, 5.41) is 5.26. The quantitative estimate of drug-likeness (QED) is 0.818. The van der Waals surface area contributed by atoms with Crippen molar-refractivity contribution in [1.82, 2.24) is 10.6 Å². The Morgan fingerprint density at radius 3 is 2.29 bits per heavy atom. The van der Waals surface area contributed by atoms with Crippen LogP contribution in [0.4, 0.5) is 4.39 Å². The van der Waals surface area contributed by atoms with Crippen LogP contribution in [0.5, 0.6) is 0 Å². The van der Waals surface area contributed by atoms with Crippen molar-refractivity contribution >= 4 is 11.8 Å². The molecule has 126 valence electrons. The molecule has 0 fully saturated rings. The molecule has 0 bridgehead atoms. The van der Waals surface area contributed by atoms with Crippen LogP contribution < -0.4 is 10.6 Å². The van der Waals surface area contributed by atoms with Gasteiger partial charge in [0.25, 0.3) is 0 Å². The number of halogens is 1. The molecule has 24 heavy (non-hydrogen) atoms. The summed E-state index contributed by atoms with van der Waals surface area (Å²) in [6.45, 7) is 2.19. The Labute approximate surface area is 141 Å². The molecule has 2 rings (SSSR count). The lowest BCUT2D eigenvalue weighted by atomic mass is 10.1. The van der Waals surface area contributed by atoms with E-state index in [2.05, 4.69) is 10.6 Å². The average molecular weight is 328 g/mol. The van der Waals surface area contributed by atoms with E-state index >= 15 is 0 Å². The van der Waals surface area contributed by atoms with E-state index < -0.39 is 0 Å². The van der Waals surface area contributed by atoms with Gasteiger partial charge in [0, 0.05) is 6.54 Å². The third-order valence-corrected chi connectivity index (χ3v) is 3.73. The first-order chi connectivity index (χ1) is 11.6. The molecule has 4 nitrogen and oxygen atoms in total. The molecule has 2 aromatic carbocycles. The Morgan fingerprint density at radius 2 is 1.58 bits per heavy atom. The summed E-state index contributed by atoms with van der Waals surface area (Å²) in [5.74, 6) is -0.767. The molecular formula is C19H21FN2O2. The van der Waals surface area contributed by atoms with Crippen molar-refractivity contribution < 1.29 is 14.0 Å². The summed E-state index contributed by atoms with van der Waals surface area (Å²) < 4.78 is 13.4. The normalized spacial score (nSPS) is 10.2. The monoisotopic (exact) mass is 328 g/mol. The molecule has 5 heteroatoms. The van der Waals surface area contributed by atoms with Gasteiger partial charge in [-0.2, -0.15) is 0 Å². The van der Waals surface area contributed by atoms with Crippen molar-refractivity contribution in [3.8, 4) is 0 Å².